The van der Waals surface area contributed by atoms with Gasteiger partial charge in [-0.15, -0.1) is 0 Å². The van der Waals surface area contributed by atoms with Crippen molar-refractivity contribution >= 4 is 45.5 Å². The molecule has 0 saturated carbocycles. The van der Waals surface area contributed by atoms with Crippen molar-refractivity contribution in [3.63, 3.8) is 0 Å². The Morgan fingerprint density at radius 1 is 0.958 bits per heavy atom. The lowest BCUT2D eigenvalue weighted by molar-refractivity contribution is 0.680. The molecule has 0 aliphatic carbocycles. The predicted molar refractivity (Wildman–Crippen MR) is 99.5 cm³/mol. The molecule has 0 aliphatic heterocycles. The molecule has 0 spiro atoms. The fourth-order valence-corrected chi connectivity index (χ4v) is 2.85. The van der Waals surface area contributed by atoms with Crippen molar-refractivity contribution < 1.29 is 4.21 Å². The van der Waals surface area contributed by atoms with Crippen molar-refractivity contribution in [2.24, 2.45) is 0 Å². The number of aromatic nitrogens is 2. The number of anilines is 2. The Morgan fingerprint density at radius 3 is 2.38 bits per heavy atom. The van der Waals surface area contributed by atoms with Crippen LogP contribution in [0.3, 0.4) is 0 Å². The van der Waals surface area contributed by atoms with E-state index in [4.69, 9.17) is 23.2 Å². The molecule has 0 fully saturated rings. The molecular weight excluding hydrogens is 365 g/mol. The third kappa shape index (κ3) is 3.93. The van der Waals surface area contributed by atoms with Gasteiger partial charge in [0.1, 0.15) is 5.82 Å². The van der Waals surface area contributed by atoms with E-state index < -0.39 is 10.8 Å². The van der Waals surface area contributed by atoms with Crippen LogP contribution in [0.1, 0.15) is 0 Å². The molecular formula is C17H13Cl2N3OS. The number of hydrogen-bond donors (Lipinski definition) is 1. The van der Waals surface area contributed by atoms with Crippen molar-refractivity contribution in [1.82, 2.24) is 9.97 Å². The molecule has 0 amide bonds. The molecule has 2 aromatic carbocycles. The SMILES string of the molecule is CS(=O)c1nc(Nc2ccc(Cl)c(Cl)c2)cc(-c2ccccc2)n1. The first kappa shape index (κ1) is 16.9. The quantitative estimate of drug-likeness (QED) is 0.654. The van der Waals surface area contributed by atoms with Crippen LogP contribution in [0, 0.1) is 0 Å². The van der Waals surface area contributed by atoms with E-state index >= 15 is 0 Å². The molecule has 3 aromatic rings. The summed E-state index contributed by atoms with van der Waals surface area (Å²) in [6, 6.07) is 16.6. The van der Waals surface area contributed by atoms with E-state index in [9.17, 15) is 4.21 Å². The van der Waals surface area contributed by atoms with E-state index in [-0.39, 0.29) is 5.16 Å². The summed E-state index contributed by atoms with van der Waals surface area (Å²) >= 11 is 12.0. The Balaban J connectivity index is 2.02. The molecule has 0 bridgehead atoms. The molecule has 122 valence electrons. The zero-order valence-electron chi connectivity index (χ0n) is 12.7. The lowest BCUT2D eigenvalue weighted by Crippen LogP contribution is -2.03. The van der Waals surface area contributed by atoms with Gasteiger partial charge in [-0.05, 0) is 18.2 Å². The maximum atomic E-state index is 11.9. The van der Waals surface area contributed by atoms with Gasteiger partial charge in [-0.25, -0.2) is 9.97 Å². The van der Waals surface area contributed by atoms with Crippen LogP contribution in [0.15, 0.2) is 59.8 Å². The lowest BCUT2D eigenvalue weighted by Gasteiger charge is -2.10. The van der Waals surface area contributed by atoms with E-state index in [1.807, 2.05) is 30.3 Å². The molecule has 0 radical (unpaired) electrons. The molecule has 1 unspecified atom stereocenters. The Morgan fingerprint density at radius 2 is 1.71 bits per heavy atom. The second kappa shape index (κ2) is 7.30. The fraction of sp³-hybridized carbons (Fsp3) is 0.0588. The van der Waals surface area contributed by atoms with Crippen molar-refractivity contribution in [2.75, 3.05) is 11.6 Å². The molecule has 4 nitrogen and oxygen atoms in total. The minimum Gasteiger partial charge on any atom is -0.340 e. The molecule has 3 rings (SSSR count). The topological polar surface area (TPSA) is 54.9 Å². The van der Waals surface area contributed by atoms with Gasteiger partial charge in [0.2, 0.25) is 5.16 Å². The molecule has 7 heteroatoms. The number of nitrogens with one attached hydrogen (secondary N) is 1. The van der Waals surface area contributed by atoms with E-state index in [0.717, 1.165) is 11.3 Å². The number of hydrogen-bond acceptors (Lipinski definition) is 4. The first-order chi connectivity index (χ1) is 11.5. The average molecular weight is 378 g/mol. The van der Waals surface area contributed by atoms with Crippen LogP contribution in [0.2, 0.25) is 10.0 Å². The normalized spacial score (nSPS) is 12.0. The third-order valence-electron chi connectivity index (χ3n) is 3.22. The van der Waals surface area contributed by atoms with Crippen molar-refractivity contribution in [3.8, 4) is 11.3 Å². The zero-order valence-corrected chi connectivity index (χ0v) is 15.0. The van der Waals surface area contributed by atoms with Crippen molar-refractivity contribution in [3.05, 3.63) is 64.6 Å². The number of halogens is 2. The Bertz CT molecular complexity index is 904. The minimum atomic E-state index is -1.30. The highest BCUT2D eigenvalue weighted by molar-refractivity contribution is 7.84. The standard InChI is InChI=1S/C17H13Cl2N3OS/c1-24(23)17-21-15(11-5-3-2-4-6-11)10-16(22-17)20-12-7-8-13(18)14(19)9-12/h2-10H,1H3,(H,20,21,22). The van der Waals surface area contributed by atoms with Gasteiger partial charge in [0, 0.05) is 23.6 Å². The summed E-state index contributed by atoms with van der Waals surface area (Å²) in [5.74, 6) is 0.535. The molecule has 1 N–H and O–H groups in total. The Hall–Kier alpha value is -1.95. The van der Waals surface area contributed by atoms with Crippen molar-refractivity contribution in [2.45, 2.75) is 5.16 Å². The summed E-state index contributed by atoms with van der Waals surface area (Å²) in [5.41, 5.74) is 2.34. The van der Waals surface area contributed by atoms with Gasteiger partial charge in [0.05, 0.1) is 26.5 Å². The van der Waals surface area contributed by atoms with E-state index in [0.29, 0.717) is 21.6 Å². The maximum Gasteiger partial charge on any atom is 0.220 e. The Kier molecular flexibility index (Phi) is 5.14. The van der Waals surface area contributed by atoms with Gasteiger partial charge in [0.25, 0.3) is 0 Å². The number of nitrogens with zero attached hydrogens (tertiary/aromatic N) is 2. The van der Waals surface area contributed by atoms with E-state index in [1.165, 1.54) is 0 Å². The van der Waals surface area contributed by atoms with Gasteiger partial charge < -0.3 is 5.32 Å². The largest absolute Gasteiger partial charge is 0.340 e. The second-order valence-electron chi connectivity index (χ2n) is 5.00. The molecule has 1 atom stereocenters. The van der Waals surface area contributed by atoms with Crippen LogP contribution in [0.5, 0.6) is 0 Å². The van der Waals surface area contributed by atoms with Gasteiger partial charge in [0.15, 0.2) is 0 Å². The molecule has 24 heavy (non-hydrogen) atoms. The highest BCUT2D eigenvalue weighted by Gasteiger charge is 2.10. The van der Waals surface area contributed by atoms with E-state index in [2.05, 4.69) is 15.3 Å². The first-order valence-corrected chi connectivity index (χ1v) is 9.34. The number of rotatable bonds is 4. The number of benzene rings is 2. The molecule has 1 heterocycles. The summed E-state index contributed by atoms with van der Waals surface area (Å²) in [6.07, 6.45) is 1.55. The summed E-state index contributed by atoms with van der Waals surface area (Å²) in [5, 5.41) is 4.33. The molecule has 0 aliphatic rings. The van der Waals surface area contributed by atoms with Gasteiger partial charge in [-0.2, -0.15) is 0 Å². The summed E-state index contributed by atoms with van der Waals surface area (Å²) in [7, 11) is -1.30. The van der Waals surface area contributed by atoms with Crippen LogP contribution in [0.4, 0.5) is 11.5 Å². The van der Waals surface area contributed by atoms with Gasteiger partial charge in [-0.1, -0.05) is 53.5 Å². The van der Waals surface area contributed by atoms with Gasteiger partial charge in [-0.3, -0.25) is 4.21 Å². The highest BCUT2D eigenvalue weighted by atomic mass is 35.5. The first-order valence-electron chi connectivity index (χ1n) is 7.03. The smallest absolute Gasteiger partial charge is 0.220 e. The second-order valence-corrected chi connectivity index (χ2v) is 7.08. The predicted octanol–water partition coefficient (Wildman–Crippen LogP) is 4.93. The van der Waals surface area contributed by atoms with Crippen molar-refractivity contribution in [1.29, 1.82) is 0 Å². The summed E-state index contributed by atoms with van der Waals surface area (Å²) in [4.78, 5) is 8.69. The monoisotopic (exact) mass is 377 g/mol. The van der Waals surface area contributed by atoms with Crippen LogP contribution < -0.4 is 5.32 Å². The maximum absolute atomic E-state index is 11.9. The Labute approximate surface area is 152 Å². The highest BCUT2D eigenvalue weighted by Crippen LogP contribution is 2.28. The molecule has 0 saturated heterocycles. The summed E-state index contributed by atoms with van der Waals surface area (Å²) in [6.45, 7) is 0. The minimum absolute atomic E-state index is 0.263. The van der Waals surface area contributed by atoms with Crippen LogP contribution in [-0.4, -0.2) is 20.4 Å². The third-order valence-corrected chi connectivity index (χ3v) is 4.66. The lowest BCUT2D eigenvalue weighted by atomic mass is 10.1. The average Bonchev–Trinajstić information content (AvgIpc) is 2.59. The van der Waals surface area contributed by atoms with Gasteiger partial charge >= 0.3 is 0 Å². The van der Waals surface area contributed by atoms with Crippen LogP contribution in [-0.2, 0) is 10.8 Å². The zero-order chi connectivity index (χ0) is 17.1. The fourth-order valence-electron chi connectivity index (χ4n) is 2.10. The van der Waals surface area contributed by atoms with E-state index in [1.54, 1.807) is 30.5 Å². The van der Waals surface area contributed by atoms with Crippen LogP contribution >= 0.6 is 23.2 Å². The molecule has 1 aromatic heterocycles. The summed E-state index contributed by atoms with van der Waals surface area (Å²) < 4.78 is 11.9. The van der Waals surface area contributed by atoms with Crippen LogP contribution in [0.25, 0.3) is 11.3 Å².